The molecule has 0 fully saturated rings. The molecule has 0 aliphatic rings. The second kappa shape index (κ2) is 9.81. The summed E-state index contributed by atoms with van der Waals surface area (Å²) in [5.41, 5.74) is 1.94. The van der Waals surface area contributed by atoms with Gasteiger partial charge >= 0.3 is 0 Å². The summed E-state index contributed by atoms with van der Waals surface area (Å²) in [6, 6.07) is 14.4. The number of carbonyl (C=O) groups is 2. The molecule has 0 aliphatic heterocycles. The second-order valence-electron chi connectivity index (χ2n) is 6.63. The van der Waals surface area contributed by atoms with E-state index in [-0.39, 0.29) is 35.6 Å². The second-order valence-corrected chi connectivity index (χ2v) is 8.31. The third-order valence-corrected chi connectivity index (χ3v) is 5.50. The Hall–Kier alpha value is -3.79. The number of nitrogens with zero attached hydrogens (tertiary/aromatic N) is 2. The summed E-state index contributed by atoms with van der Waals surface area (Å²) < 4.78 is 27.0. The molecule has 0 bridgehead atoms. The predicted octanol–water partition coefficient (Wildman–Crippen LogP) is 2.34. The molecule has 0 atom stereocenters. The summed E-state index contributed by atoms with van der Waals surface area (Å²) in [5, 5.41) is 5.36. The lowest BCUT2D eigenvalue weighted by atomic mass is 10.1. The Balaban J connectivity index is 1.50. The molecule has 160 valence electrons. The van der Waals surface area contributed by atoms with Gasteiger partial charge in [0.1, 0.15) is 0 Å². The van der Waals surface area contributed by atoms with Crippen LogP contribution >= 0.6 is 0 Å². The van der Waals surface area contributed by atoms with Crippen molar-refractivity contribution in [3.63, 3.8) is 0 Å². The largest absolute Gasteiger partial charge is 0.352 e. The van der Waals surface area contributed by atoms with Crippen LogP contribution in [0.15, 0.2) is 71.9 Å². The van der Waals surface area contributed by atoms with E-state index < -0.39 is 10.0 Å². The lowest BCUT2D eigenvalue weighted by Crippen LogP contribution is -2.27. The number of sulfonamides is 1. The zero-order valence-electron chi connectivity index (χ0n) is 16.7. The molecular formula is C21H21N5O4S. The molecule has 0 saturated carbocycles. The van der Waals surface area contributed by atoms with Crippen LogP contribution in [0.5, 0.6) is 0 Å². The minimum absolute atomic E-state index is 0.00312. The smallest absolute Gasteiger partial charge is 0.264 e. The maximum atomic E-state index is 12.4. The summed E-state index contributed by atoms with van der Waals surface area (Å²) >= 11 is 0. The van der Waals surface area contributed by atoms with Gasteiger partial charge in [0, 0.05) is 36.6 Å². The lowest BCUT2D eigenvalue weighted by molar-refractivity contribution is -0.116. The maximum absolute atomic E-state index is 12.4. The van der Waals surface area contributed by atoms with Crippen molar-refractivity contribution in [2.75, 3.05) is 16.6 Å². The Morgan fingerprint density at radius 1 is 0.968 bits per heavy atom. The van der Waals surface area contributed by atoms with Crippen LogP contribution in [-0.4, -0.2) is 36.7 Å². The van der Waals surface area contributed by atoms with E-state index in [1.165, 1.54) is 36.7 Å². The van der Waals surface area contributed by atoms with Crippen LogP contribution < -0.4 is 15.4 Å². The molecule has 9 nitrogen and oxygen atoms in total. The molecule has 31 heavy (non-hydrogen) atoms. The van der Waals surface area contributed by atoms with E-state index in [1.807, 2.05) is 13.0 Å². The number of hydrogen-bond donors (Lipinski definition) is 3. The first-order valence-corrected chi connectivity index (χ1v) is 10.9. The Kier molecular flexibility index (Phi) is 6.93. The van der Waals surface area contributed by atoms with Crippen molar-refractivity contribution >= 4 is 33.5 Å². The fourth-order valence-electron chi connectivity index (χ4n) is 2.65. The highest BCUT2D eigenvalue weighted by Gasteiger charge is 2.15. The van der Waals surface area contributed by atoms with E-state index in [0.29, 0.717) is 11.3 Å². The van der Waals surface area contributed by atoms with Crippen LogP contribution in [0.4, 0.5) is 11.6 Å². The summed E-state index contributed by atoms with van der Waals surface area (Å²) in [5.74, 6) is -0.593. The molecule has 2 aromatic carbocycles. The van der Waals surface area contributed by atoms with Crippen molar-refractivity contribution in [2.24, 2.45) is 0 Å². The first kappa shape index (κ1) is 21.9. The van der Waals surface area contributed by atoms with E-state index in [4.69, 9.17) is 0 Å². The molecule has 1 aromatic heterocycles. The topological polar surface area (TPSA) is 130 Å². The van der Waals surface area contributed by atoms with Gasteiger partial charge in [0.25, 0.3) is 15.9 Å². The van der Waals surface area contributed by atoms with Gasteiger partial charge in [-0.2, -0.15) is 0 Å². The maximum Gasteiger partial charge on any atom is 0.264 e. The number of aromatic nitrogens is 2. The van der Waals surface area contributed by atoms with E-state index in [9.17, 15) is 18.0 Å². The first-order chi connectivity index (χ1) is 14.8. The van der Waals surface area contributed by atoms with Crippen LogP contribution in [-0.2, 0) is 14.8 Å². The summed E-state index contributed by atoms with van der Waals surface area (Å²) in [6.07, 6.45) is 2.92. The molecule has 3 aromatic rings. The molecule has 1 heterocycles. The van der Waals surface area contributed by atoms with Crippen LogP contribution in [0.1, 0.15) is 22.3 Å². The lowest BCUT2D eigenvalue weighted by Gasteiger charge is -2.09. The van der Waals surface area contributed by atoms with Crippen LogP contribution in [0.25, 0.3) is 0 Å². The molecule has 10 heteroatoms. The third-order valence-electron chi connectivity index (χ3n) is 4.16. The molecule has 3 rings (SSSR count). The van der Waals surface area contributed by atoms with Crippen LogP contribution in [0.3, 0.4) is 0 Å². The Bertz CT molecular complexity index is 1170. The number of anilines is 2. The van der Waals surface area contributed by atoms with Gasteiger partial charge in [-0.1, -0.05) is 17.7 Å². The highest BCUT2D eigenvalue weighted by molar-refractivity contribution is 7.92. The number of hydrogen-bond acceptors (Lipinski definition) is 6. The minimum Gasteiger partial charge on any atom is -0.352 e. The minimum atomic E-state index is -3.85. The van der Waals surface area contributed by atoms with Gasteiger partial charge in [-0.25, -0.2) is 23.1 Å². The zero-order valence-corrected chi connectivity index (χ0v) is 17.5. The monoisotopic (exact) mass is 439 g/mol. The summed E-state index contributed by atoms with van der Waals surface area (Å²) in [7, 11) is -3.85. The molecule has 0 unspecified atom stereocenters. The van der Waals surface area contributed by atoms with Gasteiger partial charge in [-0.05, 0) is 49.4 Å². The van der Waals surface area contributed by atoms with Crippen LogP contribution in [0.2, 0.25) is 0 Å². The fourth-order valence-corrected chi connectivity index (χ4v) is 3.61. The van der Waals surface area contributed by atoms with Gasteiger partial charge < -0.3 is 10.6 Å². The van der Waals surface area contributed by atoms with Crippen molar-refractivity contribution in [1.29, 1.82) is 0 Å². The Morgan fingerprint density at radius 2 is 1.68 bits per heavy atom. The van der Waals surface area contributed by atoms with Gasteiger partial charge in [0.15, 0.2) is 0 Å². The van der Waals surface area contributed by atoms with Crippen molar-refractivity contribution in [3.05, 3.63) is 78.1 Å². The zero-order chi connectivity index (χ0) is 22.3. The quantitative estimate of drug-likeness (QED) is 0.494. The molecule has 0 radical (unpaired) electrons. The molecule has 0 aliphatic carbocycles. The number of rotatable bonds is 8. The van der Waals surface area contributed by atoms with E-state index >= 15 is 0 Å². The number of aryl methyl sites for hydroxylation is 1. The van der Waals surface area contributed by atoms with Crippen molar-refractivity contribution in [3.8, 4) is 0 Å². The van der Waals surface area contributed by atoms with Gasteiger partial charge in [0.05, 0.1) is 4.90 Å². The molecule has 0 saturated heterocycles. The number of amides is 2. The van der Waals surface area contributed by atoms with E-state index in [2.05, 4.69) is 25.3 Å². The fraction of sp³-hybridized carbons (Fsp3) is 0.143. The highest BCUT2D eigenvalue weighted by Crippen LogP contribution is 2.16. The van der Waals surface area contributed by atoms with Gasteiger partial charge in [-0.3, -0.25) is 9.59 Å². The highest BCUT2D eigenvalue weighted by atomic mass is 32.2. The Labute approximate surface area is 180 Å². The van der Waals surface area contributed by atoms with Crippen molar-refractivity contribution in [2.45, 2.75) is 18.2 Å². The normalized spacial score (nSPS) is 10.9. The third kappa shape index (κ3) is 6.34. The molecule has 2 amide bonds. The summed E-state index contributed by atoms with van der Waals surface area (Å²) in [4.78, 5) is 31.8. The van der Waals surface area contributed by atoms with E-state index in [0.717, 1.165) is 5.56 Å². The molecule has 0 spiro atoms. The van der Waals surface area contributed by atoms with Crippen molar-refractivity contribution < 1.29 is 18.0 Å². The Morgan fingerprint density at radius 3 is 2.35 bits per heavy atom. The summed E-state index contributed by atoms with van der Waals surface area (Å²) in [6.45, 7) is 2.07. The average molecular weight is 439 g/mol. The standard InChI is InChI=1S/C21H21N5O4S/c1-15-4-2-5-16(14-15)20(28)22-13-10-19(27)25-17-6-8-18(9-7-17)31(29,30)26-21-23-11-3-12-24-21/h2-9,11-12,14H,10,13H2,1H3,(H,22,28)(H,25,27)(H,23,24,26). The van der Waals surface area contributed by atoms with Gasteiger partial charge in [-0.15, -0.1) is 0 Å². The van der Waals surface area contributed by atoms with Gasteiger partial charge in [0.2, 0.25) is 11.9 Å². The number of nitrogens with one attached hydrogen (secondary N) is 3. The SMILES string of the molecule is Cc1cccc(C(=O)NCCC(=O)Nc2ccc(S(=O)(=O)Nc3ncccn3)cc2)c1. The number of benzene rings is 2. The van der Waals surface area contributed by atoms with E-state index in [1.54, 1.807) is 24.3 Å². The molecular weight excluding hydrogens is 418 g/mol. The predicted molar refractivity (Wildman–Crippen MR) is 116 cm³/mol. The first-order valence-electron chi connectivity index (χ1n) is 9.38. The average Bonchev–Trinajstić information content (AvgIpc) is 2.74. The van der Waals surface area contributed by atoms with Crippen molar-refractivity contribution in [1.82, 2.24) is 15.3 Å². The molecule has 3 N–H and O–H groups in total. The van der Waals surface area contributed by atoms with Crippen LogP contribution in [0, 0.1) is 6.92 Å². The number of carbonyl (C=O) groups excluding carboxylic acids is 2.